The van der Waals surface area contributed by atoms with E-state index in [0.29, 0.717) is 0 Å². The fraction of sp³-hybridized carbons (Fsp3) is 0.700. The third-order valence-electron chi connectivity index (χ3n) is 1.30. The first kappa shape index (κ1) is 22.6. The van der Waals surface area contributed by atoms with Gasteiger partial charge in [-0.15, -0.1) is 0 Å². The fourth-order valence-electron chi connectivity index (χ4n) is 0.554. The second-order valence-electron chi connectivity index (χ2n) is 3.34. The van der Waals surface area contributed by atoms with E-state index in [1.54, 1.807) is 0 Å². The number of carboxylic acids is 2. The number of carbonyl (C=O) groups is 3. The summed E-state index contributed by atoms with van der Waals surface area (Å²) in [6.07, 6.45) is -7.03. The molecule has 0 aliphatic heterocycles. The maximum atomic E-state index is 12.2. The molecule has 0 spiro atoms. The van der Waals surface area contributed by atoms with Crippen molar-refractivity contribution in [1.29, 1.82) is 0 Å². The summed E-state index contributed by atoms with van der Waals surface area (Å²) in [6, 6.07) is 0. The molecule has 0 heterocycles. The van der Waals surface area contributed by atoms with Crippen molar-refractivity contribution in [3.05, 3.63) is 0 Å². The number of halogens is 1. The molecule has 0 rings (SSSR count). The standard InChI is InChI=1S/C6H11FO4.2C2H4O2/c1-3(9)5(10)6(11)4(7)2-8;2*1-2(3)4/h2-6,9-11H,1H3;2*1H3,(H,3,4)/t3-,4+,5+,6-;;/m0../s1. The van der Waals surface area contributed by atoms with Gasteiger partial charge in [0.25, 0.3) is 11.9 Å². The molecule has 0 aromatic heterocycles. The van der Waals surface area contributed by atoms with Crippen molar-refractivity contribution in [2.45, 2.75) is 45.3 Å². The van der Waals surface area contributed by atoms with Gasteiger partial charge in [-0.2, -0.15) is 0 Å². The highest BCUT2D eigenvalue weighted by Gasteiger charge is 2.28. The summed E-state index contributed by atoms with van der Waals surface area (Å²) in [5, 5.41) is 41.0. The lowest BCUT2D eigenvalue weighted by Gasteiger charge is -2.19. The molecular formula is C10H19FO8. The van der Waals surface area contributed by atoms with Crippen molar-refractivity contribution in [2.24, 2.45) is 0 Å². The zero-order valence-corrected chi connectivity index (χ0v) is 10.7. The van der Waals surface area contributed by atoms with Crippen molar-refractivity contribution < 1.29 is 44.3 Å². The number of hydrogen-bond donors (Lipinski definition) is 5. The number of aliphatic carboxylic acids is 2. The number of alkyl halides is 1. The summed E-state index contributed by atoms with van der Waals surface area (Å²) in [6.45, 7) is 3.35. The number of hydrogen-bond acceptors (Lipinski definition) is 6. The van der Waals surface area contributed by atoms with Gasteiger partial charge >= 0.3 is 0 Å². The van der Waals surface area contributed by atoms with E-state index in [1.165, 1.54) is 6.92 Å². The first-order valence-electron chi connectivity index (χ1n) is 4.99. The SMILES string of the molecule is CC(=O)O.CC(=O)O.C[C@H](O)[C@@H](O)[C@@H](O)[C@H](F)C=O. The van der Waals surface area contributed by atoms with Gasteiger partial charge in [0.2, 0.25) is 0 Å². The monoisotopic (exact) mass is 286 g/mol. The van der Waals surface area contributed by atoms with Crippen LogP contribution >= 0.6 is 0 Å². The highest BCUT2D eigenvalue weighted by Crippen LogP contribution is 2.05. The Balaban J connectivity index is -0.000000264. The Morgan fingerprint density at radius 1 is 1.00 bits per heavy atom. The van der Waals surface area contributed by atoms with E-state index in [0.717, 1.165) is 13.8 Å². The van der Waals surface area contributed by atoms with E-state index in [4.69, 9.17) is 35.1 Å². The van der Waals surface area contributed by atoms with Gasteiger partial charge in [-0.25, -0.2) is 4.39 Å². The predicted molar refractivity (Wildman–Crippen MR) is 61.3 cm³/mol. The van der Waals surface area contributed by atoms with Crippen LogP contribution in [0.25, 0.3) is 0 Å². The summed E-state index contributed by atoms with van der Waals surface area (Å²) >= 11 is 0. The number of carbonyl (C=O) groups excluding carboxylic acids is 1. The normalized spacial score (nSPS) is 15.3. The predicted octanol–water partition coefficient (Wildman–Crippen LogP) is -1.19. The minimum atomic E-state index is -2.15. The Labute approximate surface area is 109 Å². The molecule has 0 saturated heterocycles. The van der Waals surface area contributed by atoms with Gasteiger partial charge < -0.3 is 30.3 Å². The van der Waals surface area contributed by atoms with Crippen LogP contribution in [0.5, 0.6) is 0 Å². The van der Waals surface area contributed by atoms with Crippen LogP contribution in [0.15, 0.2) is 0 Å². The second kappa shape index (κ2) is 12.9. The van der Waals surface area contributed by atoms with Crippen LogP contribution in [0.1, 0.15) is 20.8 Å². The van der Waals surface area contributed by atoms with Gasteiger partial charge in [0.1, 0.15) is 12.2 Å². The first-order valence-corrected chi connectivity index (χ1v) is 4.99. The minimum absolute atomic E-state index is 0.129. The summed E-state index contributed by atoms with van der Waals surface area (Å²) in [5.74, 6) is -1.67. The molecule has 0 aliphatic carbocycles. The minimum Gasteiger partial charge on any atom is -0.481 e. The molecule has 19 heavy (non-hydrogen) atoms. The number of rotatable bonds is 4. The van der Waals surface area contributed by atoms with E-state index >= 15 is 0 Å². The van der Waals surface area contributed by atoms with Gasteiger partial charge in [0.05, 0.1) is 6.10 Å². The van der Waals surface area contributed by atoms with Crippen LogP contribution < -0.4 is 0 Å². The molecule has 0 radical (unpaired) electrons. The third kappa shape index (κ3) is 22.1. The Morgan fingerprint density at radius 2 is 1.26 bits per heavy atom. The lowest BCUT2D eigenvalue weighted by Crippen LogP contribution is -2.42. The van der Waals surface area contributed by atoms with Crippen LogP contribution in [-0.2, 0) is 14.4 Å². The van der Waals surface area contributed by atoms with E-state index in [9.17, 15) is 9.18 Å². The van der Waals surface area contributed by atoms with Crippen LogP contribution in [0, 0.1) is 0 Å². The molecule has 0 bridgehead atoms. The summed E-state index contributed by atoms with van der Waals surface area (Å²) < 4.78 is 12.2. The largest absolute Gasteiger partial charge is 0.481 e. The highest BCUT2D eigenvalue weighted by atomic mass is 19.1. The molecule has 0 fully saturated rings. The second-order valence-corrected chi connectivity index (χ2v) is 3.34. The van der Waals surface area contributed by atoms with Gasteiger partial charge in [-0.05, 0) is 6.92 Å². The molecule has 0 saturated carbocycles. The third-order valence-corrected chi connectivity index (χ3v) is 1.30. The molecule has 9 heteroatoms. The van der Waals surface area contributed by atoms with Crippen molar-refractivity contribution in [2.75, 3.05) is 0 Å². The summed E-state index contributed by atoms with van der Waals surface area (Å²) in [5.41, 5.74) is 0. The first-order chi connectivity index (χ1) is 8.47. The molecule has 0 aromatic carbocycles. The molecule has 4 atom stereocenters. The van der Waals surface area contributed by atoms with Crippen molar-refractivity contribution in [3.63, 3.8) is 0 Å². The Hall–Kier alpha value is -1.58. The molecule has 0 unspecified atom stereocenters. The van der Waals surface area contributed by atoms with E-state index < -0.39 is 36.4 Å². The molecule has 8 nitrogen and oxygen atoms in total. The molecule has 0 amide bonds. The molecular weight excluding hydrogens is 267 g/mol. The zero-order chi connectivity index (χ0) is 16.2. The highest BCUT2D eigenvalue weighted by molar-refractivity contribution is 5.63. The van der Waals surface area contributed by atoms with Gasteiger partial charge in [0, 0.05) is 13.8 Å². The fourth-order valence-corrected chi connectivity index (χ4v) is 0.554. The lowest BCUT2D eigenvalue weighted by atomic mass is 10.1. The quantitative estimate of drug-likeness (QED) is 0.404. The van der Waals surface area contributed by atoms with Crippen LogP contribution in [0.3, 0.4) is 0 Å². The van der Waals surface area contributed by atoms with E-state index in [2.05, 4.69) is 0 Å². The summed E-state index contributed by atoms with van der Waals surface area (Å²) in [7, 11) is 0. The topological polar surface area (TPSA) is 152 Å². The van der Waals surface area contributed by atoms with Gasteiger partial charge in [-0.1, -0.05) is 0 Å². The van der Waals surface area contributed by atoms with Crippen LogP contribution in [0.4, 0.5) is 4.39 Å². The number of aliphatic hydroxyl groups excluding tert-OH is 3. The smallest absolute Gasteiger partial charge is 0.300 e. The molecule has 5 N–H and O–H groups in total. The number of carboxylic acid groups (broad SMARTS) is 2. The summed E-state index contributed by atoms with van der Waals surface area (Å²) in [4.78, 5) is 27.7. The Morgan fingerprint density at radius 3 is 1.42 bits per heavy atom. The van der Waals surface area contributed by atoms with Crippen LogP contribution in [-0.4, -0.2) is 68.2 Å². The maximum Gasteiger partial charge on any atom is 0.300 e. The molecule has 0 aliphatic rings. The van der Waals surface area contributed by atoms with Gasteiger partial charge in [-0.3, -0.25) is 9.59 Å². The van der Waals surface area contributed by atoms with E-state index in [1.807, 2.05) is 0 Å². The average molecular weight is 286 g/mol. The van der Waals surface area contributed by atoms with Crippen molar-refractivity contribution in [3.8, 4) is 0 Å². The number of aldehydes is 1. The Kier molecular flexibility index (Phi) is 15.3. The molecule has 0 aromatic rings. The van der Waals surface area contributed by atoms with Gasteiger partial charge in [0.15, 0.2) is 12.5 Å². The average Bonchev–Trinajstić information content (AvgIpc) is 2.24. The van der Waals surface area contributed by atoms with Crippen molar-refractivity contribution >= 4 is 18.2 Å². The lowest BCUT2D eigenvalue weighted by molar-refractivity contribution is -0.135. The Bertz CT molecular complexity index is 248. The molecule has 114 valence electrons. The van der Waals surface area contributed by atoms with Crippen LogP contribution in [0.2, 0.25) is 0 Å². The number of aliphatic hydroxyl groups is 3. The van der Waals surface area contributed by atoms with E-state index in [-0.39, 0.29) is 6.29 Å². The van der Waals surface area contributed by atoms with Crippen molar-refractivity contribution in [1.82, 2.24) is 0 Å². The maximum absolute atomic E-state index is 12.2. The zero-order valence-electron chi connectivity index (χ0n) is 10.7.